The second-order valence-corrected chi connectivity index (χ2v) is 11.6. The summed E-state index contributed by atoms with van der Waals surface area (Å²) in [5, 5.41) is 54.9. The minimum atomic E-state index is -0.886. The van der Waals surface area contributed by atoms with Gasteiger partial charge in [0, 0.05) is 49.2 Å². The monoisotopic (exact) mass is 604 g/mol. The quantitative estimate of drug-likeness (QED) is 0.193. The van der Waals surface area contributed by atoms with E-state index in [-0.39, 0.29) is 43.0 Å². The number of phenolic OH excluding ortho intramolecular Hbond substituents is 2. The molecular weight excluding hydrogens is 564 g/mol. The molecule has 6 rings (SSSR count). The number of hydrogen-bond acceptors (Lipinski definition) is 10. The molecule has 10 heteroatoms. The molecular formula is C34H40N2O8. The van der Waals surface area contributed by atoms with Crippen LogP contribution in [0.5, 0.6) is 28.7 Å². The molecule has 0 aromatic heterocycles. The number of nitrogens with one attached hydrogen (secondary N) is 1. The van der Waals surface area contributed by atoms with Crippen molar-refractivity contribution in [2.75, 3.05) is 40.1 Å². The van der Waals surface area contributed by atoms with Crippen LogP contribution >= 0.6 is 0 Å². The minimum Gasteiger partial charge on any atom is -0.508 e. The number of rotatable bonds is 11. The molecule has 44 heavy (non-hydrogen) atoms. The molecule has 0 radical (unpaired) electrons. The number of ether oxygens (including phenoxy) is 3. The third-order valence-corrected chi connectivity index (χ3v) is 8.79. The topological polar surface area (TPSA) is 144 Å². The number of aliphatic hydroxyl groups excluding tert-OH is 3. The molecule has 234 valence electrons. The summed E-state index contributed by atoms with van der Waals surface area (Å²) in [7, 11) is 1.48. The Morgan fingerprint density at radius 3 is 2.66 bits per heavy atom. The molecule has 2 aliphatic heterocycles. The molecule has 3 aromatic rings. The molecule has 1 aliphatic carbocycles. The number of benzene rings is 3. The van der Waals surface area contributed by atoms with Crippen molar-refractivity contribution in [2.24, 2.45) is 0 Å². The van der Waals surface area contributed by atoms with E-state index in [1.807, 2.05) is 30.6 Å². The number of nitrogens with zero attached hydrogens (tertiary/aromatic N) is 1. The Morgan fingerprint density at radius 2 is 1.91 bits per heavy atom. The van der Waals surface area contributed by atoms with Gasteiger partial charge in [-0.3, -0.25) is 0 Å². The van der Waals surface area contributed by atoms with Crippen LogP contribution in [0, 0.1) is 0 Å². The average molecular weight is 605 g/mol. The summed E-state index contributed by atoms with van der Waals surface area (Å²) in [6, 6.07) is 10.7. The zero-order valence-corrected chi connectivity index (χ0v) is 24.8. The normalized spacial score (nSPS) is 19.9. The van der Waals surface area contributed by atoms with Gasteiger partial charge in [-0.2, -0.15) is 0 Å². The smallest absolute Gasteiger partial charge is 0.161 e. The van der Waals surface area contributed by atoms with Gasteiger partial charge in [0.05, 0.1) is 26.5 Å². The van der Waals surface area contributed by atoms with Crippen molar-refractivity contribution in [2.45, 2.75) is 50.2 Å². The van der Waals surface area contributed by atoms with Crippen molar-refractivity contribution < 1.29 is 39.7 Å². The third-order valence-electron chi connectivity index (χ3n) is 8.79. The third kappa shape index (κ3) is 5.72. The number of aromatic hydroxyl groups is 2. The Hall–Kier alpha value is -4.12. The van der Waals surface area contributed by atoms with Gasteiger partial charge in [-0.05, 0) is 83.7 Å². The molecule has 0 fully saturated rings. The van der Waals surface area contributed by atoms with E-state index in [9.17, 15) is 25.5 Å². The fourth-order valence-electron chi connectivity index (χ4n) is 6.76. The van der Waals surface area contributed by atoms with E-state index in [1.165, 1.54) is 7.11 Å². The molecule has 0 spiro atoms. The first-order chi connectivity index (χ1) is 21.4. The Bertz CT molecular complexity index is 1540. The van der Waals surface area contributed by atoms with E-state index in [4.69, 9.17) is 14.2 Å². The molecule has 0 saturated heterocycles. The van der Waals surface area contributed by atoms with E-state index in [1.54, 1.807) is 18.2 Å². The molecule has 10 nitrogen and oxygen atoms in total. The first-order valence-corrected chi connectivity index (χ1v) is 15.2. The summed E-state index contributed by atoms with van der Waals surface area (Å²) < 4.78 is 18.2. The maximum Gasteiger partial charge on any atom is 0.161 e. The van der Waals surface area contributed by atoms with Crippen LogP contribution in [0.25, 0.3) is 11.1 Å². The lowest BCUT2D eigenvalue weighted by Crippen LogP contribution is -2.32. The lowest BCUT2D eigenvalue weighted by Gasteiger charge is -2.38. The Morgan fingerprint density at radius 1 is 1.05 bits per heavy atom. The molecule has 0 unspecified atom stereocenters. The van der Waals surface area contributed by atoms with Crippen molar-refractivity contribution in [1.29, 1.82) is 0 Å². The summed E-state index contributed by atoms with van der Waals surface area (Å²) in [5.41, 5.74) is 6.14. The summed E-state index contributed by atoms with van der Waals surface area (Å²) in [4.78, 5) is 2.21. The van der Waals surface area contributed by atoms with Crippen LogP contribution in [0.15, 0.2) is 48.8 Å². The molecule has 0 saturated carbocycles. The fourth-order valence-corrected chi connectivity index (χ4v) is 6.76. The lowest BCUT2D eigenvalue weighted by molar-refractivity contribution is 0.0199. The highest BCUT2D eigenvalue weighted by atomic mass is 16.5. The first-order valence-electron chi connectivity index (χ1n) is 15.2. The number of phenols is 2. The van der Waals surface area contributed by atoms with E-state index in [0.29, 0.717) is 48.3 Å². The Balaban J connectivity index is 1.45. The standard InChI is InChI=1S/C34H40N2O8/c1-42-30-16-23(14-21(33(30)41)3-2-10-37)34-27(40)17-26-28(44-34)18-29(43-12-11-38)32-25-5-4-24(39)15-22(25)13-20(31(26)32)6-8-36-9-7-35-19-36/h4-5,7,9,14-16,18,20,27,34-35,37-41H,2-3,6,8,10-13,17,19H2,1H3/t20-,27+,34+/m0/s1. The molecule has 6 N–H and O–H groups in total. The predicted molar refractivity (Wildman–Crippen MR) is 164 cm³/mol. The zero-order valence-electron chi connectivity index (χ0n) is 24.8. The van der Waals surface area contributed by atoms with Gasteiger partial charge >= 0.3 is 0 Å². The largest absolute Gasteiger partial charge is 0.508 e. The zero-order chi connectivity index (χ0) is 30.8. The lowest BCUT2D eigenvalue weighted by atomic mass is 9.73. The van der Waals surface area contributed by atoms with Gasteiger partial charge in [-0.25, -0.2) is 0 Å². The molecule has 3 atom stereocenters. The average Bonchev–Trinajstić information content (AvgIpc) is 3.55. The van der Waals surface area contributed by atoms with Gasteiger partial charge in [-0.1, -0.05) is 6.07 Å². The highest BCUT2D eigenvalue weighted by Crippen LogP contribution is 2.53. The Labute approximate surface area is 256 Å². The highest BCUT2D eigenvalue weighted by molar-refractivity contribution is 5.83. The summed E-state index contributed by atoms with van der Waals surface area (Å²) in [5.74, 6) is 1.74. The molecule has 2 heterocycles. The van der Waals surface area contributed by atoms with Crippen LogP contribution < -0.4 is 19.5 Å². The number of aliphatic hydroxyl groups is 3. The SMILES string of the molecule is COc1cc([C@H]2Oc3cc(OCCO)c4c(c3C[C@H]2O)[C@@H](CCN2C=CNC2)Cc2cc(O)ccc2-4)cc(CCCO)c1O. The molecule has 3 aromatic carbocycles. The maximum atomic E-state index is 11.6. The summed E-state index contributed by atoms with van der Waals surface area (Å²) in [6.45, 7) is 1.49. The van der Waals surface area contributed by atoms with Crippen molar-refractivity contribution >= 4 is 0 Å². The second kappa shape index (κ2) is 12.9. The van der Waals surface area contributed by atoms with Crippen LogP contribution in [0.2, 0.25) is 0 Å². The van der Waals surface area contributed by atoms with E-state index in [2.05, 4.69) is 10.2 Å². The van der Waals surface area contributed by atoms with Crippen LogP contribution in [-0.4, -0.2) is 76.7 Å². The van der Waals surface area contributed by atoms with Gasteiger partial charge < -0.3 is 50.0 Å². The van der Waals surface area contributed by atoms with Crippen LogP contribution in [0.1, 0.15) is 52.7 Å². The van der Waals surface area contributed by atoms with E-state index >= 15 is 0 Å². The molecule has 3 aliphatic rings. The highest BCUT2D eigenvalue weighted by Gasteiger charge is 2.38. The fraction of sp³-hybridized carbons (Fsp3) is 0.412. The molecule has 0 amide bonds. The first kappa shape index (κ1) is 29.9. The van der Waals surface area contributed by atoms with Crippen LogP contribution in [0.4, 0.5) is 0 Å². The van der Waals surface area contributed by atoms with Gasteiger partial charge in [0.15, 0.2) is 11.5 Å². The minimum absolute atomic E-state index is 0.0137. The summed E-state index contributed by atoms with van der Waals surface area (Å²) in [6.07, 6.45) is 5.14. The maximum absolute atomic E-state index is 11.6. The number of fused-ring (bicyclic) bond motifs is 5. The number of aryl methyl sites for hydroxylation is 1. The van der Waals surface area contributed by atoms with E-state index in [0.717, 1.165) is 47.5 Å². The predicted octanol–water partition coefficient (Wildman–Crippen LogP) is 3.47. The van der Waals surface area contributed by atoms with Gasteiger partial charge in [0.2, 0.25) is 0 Å². The number of methoxy groups -OCH3 is 1. The van der Waals surface area contributed by atoms with Crippen molar-refractivity contribution in [3.63, 3.8) is 0 Å². The van der Waals surface area contributed by atoms with Crippen molar-refractivity contribution in [3.8, 4) is 39.9 Å². The van der Waals surface area contributed by atoms with Crippen molar-refractivity contribution in [1.82, 2.24) is 10.2 Å². The van der Waals surface area contributed by atoms with Crippen molar-refractivity contribution in [3.05, 3.63) is 76.6 Å². The van der Waals surface area contributed by atoms with E-state index < -0.39 is 12.2 Å². The van der Waals surface area contributed by atoms with Gasteiger partial charge in [0.25, 0.3) is 0 Å². The number of hydrogen-bond donors (Lipinski definition) is 6. The van der Waals surface area contributed by atoms with Crippen LogP contribution in [-0.2, 0) is 19.3 Å². The van der Waals surface area contributed by atoms with Crippen LogP contribution in [0.3, 0.4) is 0 Å². The molecule has 0 bridgehead atoms. The second-order valence-electron chi connectivity index (χ2n) is 11.6. The summed E-state index contributed by atoms with van der Waals surface area (Å²) >= 11 is 0. The van der Waals surface area contributed by atoms with Gasteiger partial charge in [0.1, 0.15) is 30.0 Å². The van der Waals surface area contributed by atoms with Gasteiger partial charge in [-0.15, -0.1) is 0 Å². The Kier molecular flexibility index (Phi) is 8.74.